The molecule has 0 aliphatic rings. The molecule has 0 aromatic heterocycles. The number of hydrogen-bond donors (Lipinski definition) is 4. The van der Waals surface area contributed by atoms with Crippen LogP contribution in [0.2, 0.25) is 0 Å². The molecule has 16 nitrogen and oxygen atoms in total. The summed E-state index contributed by atoms with van der Waals surface area (Å²) < 4.78 is 61.2. The third kappa shape index (κ3) is 82.5. The number of allylic oxidation sites excluding steroid dienone is 22. The van der Waals surface area contributed by atoms with Crippen LogP contribution in [-0.2, 0) is 55.8 Å². The summed E-state index contributed by atoms with van der Waals surface area (Å²) in [7, 11) is -9.79. The van der Waals surface area contributed by atoms with E-state index in [4.69, 9.17) is 32.3 Å². The fraction of sp³-hybridized carbons (Fsp3) is 0.719. The Balaban J connectivity index is 4.40. The van der Waals surface area contributed by atoms with Crippen LogP contribution >= 0.6 is 15.6 Å². The van der Waals surface area contributed by atoms with Gasteiger partial charge in [-0.15, -0.1) is 0 Å². The highest BCUT2D eigenvalue weighted by Gasteiger charge is 2.29. The van der Waals surface area contributed by atoms with E-state index in [2.05, 4.69) is 154 Å². The summed E-state index contributed by atoms with van der Waals surface area (Å²) >= 11 is 0. The van der Waals surface area contributed by atoms with Crippen LogP contribution < -0.4 is 0 Å². The van der Waals surface area contributed by atoms with E-state index in [1.165, 1.54) is 135 Å². The second-order valence-electron chi connectivity index (χ2n) is 28.2. The molecule has 0 aromatic carbocycles. The first-order valence-corrected chi connectivity index (χ1v) is 45.5. The van der Waals surface area contributed by atoms with Gasteiger partial charge < -0.3 is 34.2 Å². The first kappa shape index (κ1) is 103. The Bertz CT molecular complexity index is 2480. The quantitative estimate of drug-likeness (QED) is 0.0146. The number of aliphatic hydroxyl groups excluding tert-OH is 2. The number of hydrogen-bond acceptors (Lipinski definition) is 14. The lowest BCUT2D eigenvalue weighted by molar-refractivity contribution is -0.161. The molecule has 0 aromatic rings. The molecule has 0 bridgehead atoms. The minimum atomic E-state index is -4.93. The normalized spacial score (nSPS) is 14.6. The fourth-order valence-corrected chi connectivity index (χ4v) is 13.1. The summed E-state index contributed by atoms with van der Waals surface area (Å²) in [4.78, 5) is 58.7. The van der Waals surface area contributed by atoms with Gasteiger partial charge in [-0.25, -0.2) is 9.13 Å². The molecule has 0 aliphatic carbocycles. The van der Waals surface area contributed by atoms with Crippen molar-refractivity contribution >= 4 is 33.6 Å². The van der Waals surface area contributed by atoms with Gasteiger partial charge in [0.1, 0.15) is 25.4 Å². The van der Waals surface area contributed by atoms with Gasteiger partial charge in [-0.3, -0.25) is 32.5 Å². The van der Waals surface area contributed by atoms with Gasteiger partial charge >= 0.3 is 33.6 Å². The summed E-state index contributed by atoms with van der Waals surface area (Å²) in [5.74, 6) is -1.57. The number of carbonyl (C=O) groups excluding carboxylic acids is 3. The molecule has 0 rings (SSSR count). The monoisotopic (exact) mass is 1540 g/mol. The summed E-state index contributed by atoms with van der Waals surface area (Å²) in [6.07, 6.45) is 99.4. The molecule has 0 fully saturated rings. The zero-order chi connectivity index (χ0) is 78.0. The van der Waals surface area contributed by atoms with Crippen molar-refractivity contribution in [3.8, 4) is 0 Å². The Morgan fingerprint density at radius 2 is 0.495 bits per heavy atom. The third-order valence-electron chi connectivity index (χ3n) is 17.9. The molecule has 107 heavy (non-hydrogen) atoms. The predicted molar refractivity (Wildman–Crippen MR) is 445 cm³/mol. The SMILES string of the molecule is CC/C=C\C/C=C\C/C=C\C/C=C\C/C=C\C/C=C\CCCCCCCCCCCCCCCCCCC(=O)OCC(O)COP(=O)(O)OCC(O)COP(=O)(O)OCC(COC(=O)CCCCCCCCC/C=C\C/C=C\C/C=C\C/C=C\C/C=C\CC)OC(=O)CCCCCCCCCCCCCCC. The maximum atomic E-state index is 13.0. The minimum Gasteiger partial charge on any atom is -0.463 e. The molecule has 0 radical (unpaired) electrons. The highest BCUT2D eigenvalue weighted by molar-refractivity contribution is 7.47. The Kier molecular flexibility index (Phi) is 77.9. The van der Waals surface area contributed by atoms with E-state index in [1.807, 2.05) is 0 Å². The van der Waals surface area contributed by atoms with Gasteiger partial charge in [0.2, 0.25) is 0 Å². The zero-order valence-corrected chi connectivity index (χ0v) is 69.3. The van der Waals surface area contributed by atoms with Crippen LogP contribution in [0.4, 0.5) is 0 Å². The molecule has 0 saturated heterocycles. The van der Waals surface area contributed by atoms with E-state index < -0.39 is 91.5 Å². The van der Waals surface area contributed by atoms with E-state index in [9.17, 15) is 43.5 Å². The maximum absolute atomic E-state index is 13.0. The molecule has 5 atom stereocenters. The highest BCUT2D eigenvalue weighted by Crippen LogP contribution is 2.45. The van der Waals surface area contributed by atoms with E-state index in [0.29, 0.717) is 19.3 Å². The van der Waals surface area contributed by atoms with Crippen LogP contribution in [0.25, 0.3) is 0 Å². The Morgan fingerprint density at radius 3 is 0.785 bits per heavy atom. The number of unbranched alkanes of at least 4 members (excludes halogenated alkanes) is 35. The Hall–Kier alpha value is -4.31. The van der Waals surface area contributed by atoms with Crippen LogP contribution in [-0.4, -0.2) is 95.9 Å². The average Bonchev–Trinajstić information content (AvgIpc) is 0.909. The molecule has 0 aliphatic heterocycles. The number of rotatable bonds is 80. The molecule has 5 unspecified atom stereocenters. The number of esters is 3. The summed E-state index contributed by atoms with van der Waals surface area (Å²) in [6.45, 7) is 2.48. The molecule has 0 amide bonds. The largest absolute Gasteiger partial charge is 0.472 e. The van der Waals surface area contributed by atoms with E-state index in [0.717, 1.165) is 161 Å². The lowest BCUT2D eigenvalue weighted by atomic mass is 10.0. The zero-order valence-electron chi connectivity index (χ0n) is 67.5. The lowest BCUT2D eigenvalue weighted by Gasteiger charge is -2.21. The second-order valence-corrected chi connectivity index (χ2v) is 31.1. The van der Waals surface area contributed by atoms with Crippen molar-refractivity contribution in [2.75, 3.05) is 39.6 Å². The summed E-state index contributed by atoms with van der Waals surface area (Å²) in [5, 5.41) is 20.7. The van der Waals surface area contributed by atoms with Crippen molar-refractivity contribution in [1.29, 1.82) is 0 Å². The Morgan fingerprint density at radius 1 is 0.271 bits per heavy atom. The summed E-state index contributed by atoms with van der Waals surface area (Å²) in [5.41, 5.74) is 0. The van der Waals surface area contributed by atoms with Gasteiger partial charge in [0.25, 0.3) is 0 Å². The molecule has 0 heterocycles. The van der Waals surface area contributed by atoms with Crippen LogP contribution in [0.5, 0.6) is 0 Å². The molecular weight excluding hydrogens is 1390 g/mol. The van der Waals surface area contributed by atoms with Gasteiger partial charge in [-0.2, -0.15) is 0 Å². The number of phosphoric ester groups is 2. The van der Waals surface area contributed by atoms with Gasteiger partial charge in [0, 0.05) is 19.3 Å². The molecule has 4 N–H and O–H groups in total. The van der Waals surface area contributed by atoms with Crippen molar-refractivity contribution in [2.45, 2.75) is 373 Å². The molecular formula is C89H154O16P2. The predicted octanol–water partition coefficient (Wildman–Crippen LogP) is 25.4. The first-order chi connectivity index (χ1) is 52.2. The molecule has 616 valence electrons. The standard InChI is InChI=1S/C89H154O16P2/c1-4-7-10-13-16-19-22-25-27-29-31-33-35-36-37-38-39-40-41-42-43-44-45-46-48-50-51-53-55-58-60-63-66-69-72-75-87(92)99-78-84(90)79-101-106(95,96)102-80-85(91)81-103-107(97,98)104-83-86(105-89(94)77-74-71-68-65-62-57-24-21-18-15-12-9-6-3)82-100-88(93)76-73-70-67-64-61-59-56-54-52-49-47-34-32-30-28-26-23-20-17-14-11-8-5-2/h7-8,10-11,16-17,19-20,25-28,31-34,36-37,39-40,49,52,84-86,90-91H,4-6,9,12-15,18,21-24,29-30,35,38,41-48,50-51,53-83H2,1-3H3,(H,95,96)(H,97,98)/b10-7-,11-8-,19-16-,20-17-,27-25-,28-26-,33-31-,34-32-,37-36-,40-39-,52-49-. The topological polar surface area (TPSA) is 231 Å². The molecule has 18 heteroatoms. The van der Waals surface area contributed by atoms with Crippen LogP contribution in [0, 0.1) is 0 Å². The smallest absolute Gasteiger partial charge is 0.463 e. The van der Waals surface area contributed by atoms with E-state index in [1.54, 1.807) is 0 Å². The lowest BCUT2D eigenvalue weighted by Crippen LogP contribution is -2.30. The molecule has 0 saturated carbocycles. The van der Waals surface area contributed by atoms with E-state index in [-0.39, 0.29) is 19.3 Å². The van der Waals surface area contributed by atoms with Crippen LogP contribution in [0.15, 0.2) is 134 Å². The number of ether oxygens (including phenoxy) is 3. The van der Waals surface area contributed by atoms with Gasteiger partial charge in [0.15, 0.2) is 6.10 Å². The van der Waals surface area contributed by atoms with Crippen molar-refractivity contribution in [3.05, 3.63) is 134 Å². The fourth-order valence-electron chi connectivity index (χ4n) is 11.5. The first-order valence-electron chi connectivity index (χ1n) is 42.5. The van der Waals surface area contributed by atoms with Crippen LogP contribution in [0.3, 0.4) is 0 Å². The Labute approximate surface area is 652 Å². The van der Waals surface area contributed by atoms with E-state index >= 15 is 0 Å². The number of phosphoric acid groups is 2. The third-order valence-corrected chi connectivity index (χ3v) is 19.8. The number of aliphatic hydroxyl groups is 2. The number of carbonyl (C=O) groups is 3. The molecule has 0 spiro atoms. The van der Waals surface area contributed by atoms with Gasteiger partial charge in [0.05, 0.1) is 26.4 Å². The van der Waals surface area contributed by atoms with Crippen LogP contribution in [0.1, 0.15) is 355 Å². The maximum Gasteiger partial charge on any atom is 0.472 e. The van der Waals surface area contributed by atoms with Crippen molar-refractivity contribution in [1.82, 2.24) is 0 Å². The summed E-state index contributed by atoms with van der Waals surface area (Å²) in [6, 6.07) is 0. The van der Waals surface area contributed by atoms with Crippen molar-refractivity contribution in [3.63, 3.8) is 0 Å². The average molecular weight is 1540 g/mol. The highest BCUT2D eigenvalue weighted by atomic mass is 31.2. The van der Waals surface area contributed by atoms with Gasteiger partial charge in [-0.05, 0) is 116 Å². The van der Waals surface area contributed by atoms with Crippen molar-refractivity contribution < 1.29 is 75.8 Å². The second kappa shape index (κ2) is 81.2. The van der Waals surface area contributed by atoms with Crippen molar-refractivity contribution in [2.24, 2.45) is 0 Å². The van der Waals surface area contributed by atoms with Gasteiger partial charge in [-0.1, -0.05) is 353 Å². The minimum absolute atomic E-state index is 0.104.